The molecule has 3 aromatic carbocycles. The third-order valence-corrected chi connectivity index (χ3v) is 7.50. The van der Waals surface area contributed by atoms with E-state index in [4.69, 9.17) is 9.47 Å². The number of ether oxygens (including phenoxy) is 2. The lowest BCUT2D eigenvalue weighted by molar-refractivity contribution is 0.105. The Morgan fingerprint density at radius 2 is 1.41 bits per heavy atom. The molecule has 2 atom stereocenters. The molecular formula is C34H46N2O8. The van der Waals surface area contributed by atoms with Crippen LogP contribution in [-0.2, 0) is 24.4 Å². The van der Waals surface area contributed by atoms with Crippen molar-refractivity contribution in [1.82, 2.24) is 5.01 Å². The Balaban J connectivity index is 1.33. The van der Waals surface area contributed by atoms with Gasteiger partial charge in [0.2, 0.25) is 0 Å². The quantitative estimate of drug-likeness (QED) is 0.0594. The summed E-state index contributed by atoms with van der Waals surface area (Å²) in [5.41, 5.74) is 3.03. The summed E-state index contributed by atoms with van der Waals surface area (Å²) in [6.07, 6.45) is 4.85. The molecule has 5 N–H and O–H groups in total. The molecule has 0 aromatic heterocycles. The van der Waals surface area contributed by atoms with E-state index in [0.29, 0.717) is 34.5 Å². The zero-order valence-electron chi connectivity index (χ0n) is 25.3. The van der Waals surface area contributed by atoms with Crippen LogP contribution in [0.25, 0.3) is 0 Å². The van der Waals surface area contributed by atoms with E-state index in [0.717, 1.165) is 58.2 Å². The monoisotopic (exact) mass is 610 g/mol. The Kier molecular flexibility index (Phi) is 15.6. The minimum Gasteiger partial charge on any atom is -0.508 e. The molecule has 2 unspecified atom stereocenters. The number of phenols is 1. The maximum atomic E-state index is 11.4. The molecule has 44 heavy (non-hydrogen) atoms. The van der Waals surface area contributed by atoms with E-state index < -0.39 is 12.2 Å². The highest BCUT2D eigenvalue weighted by Crippen LogP contribution is 2.27. The van der Waals surface area contributed by atoms with E-state index >= 15 is 0 Å². The molecular weight excluding hydrogens is 564 g/mol. The van der Waals surface area contributed by atoms with Crippen LogP contribution in [0.1, 0.15) is 78.6 Å². The summed E-state index contributed by atoms with van der Waals surface area (Å²) in [7, 11) is 0. The molecule has 3 rings (SSSR count). The van der Waals surface area contributed by atoms with Gasteiger partial charge in [-0.1, -0.05) is 55.3 Å². The van der Waals surface area contributed by atoms with Crippen LogP contribution in [0, 0.1) is 4.91 Å². The largest absolute Gasteiger partial charge is 0.508 e. The number of aliphatic hydroxyl groups excluding tert-OH is 4. The first-order valence-electron chi connectivity index (χ1n) is 15.3. The van der Waals surface area contributed by atoms with E-state index in [2.05, 4.69) is 29.6 Å². The Labute approximate surface area is 259 Å². The van der Waals surface area contributed by atoms with Crippen LogP contribution in [0.4, 0.5) is 0 Å². The van der Waals surface area contributed by atoms with Crippen molar-refractivity contribution in [2.75, 3.05) is 32.9 Å². The number of aryl methyl sites for hydroxylation is 1. The number of nitroso groups, excluding NO2 is 1. The summed E-state index contributed by atoms with van der Waals surface area (Å²) < 4.78 is 11.5. The van der Waals surface area contributed by atoms with E-state index in [-0.39, 0.29) is 32.1 Å². The van der Waals surface area contributed by atoms with Crippen molar-refractivity contribution in [2.24, 2.45) is 5.29 Å². The first-order chi connectivity index (χ1) is 21.4. The molecule has 0 radical (unpaired) electrons. The van der Waals surface area contributed by atoms with Crippen LogP contribution in [0.5, 0.6) is 11.5 Å². The van der Waals surface area contributed by atoms with Crippen molar-refractivity contribution in [2.45, 2.75) is 70.4 Å². The third-order valence-electron chi connectivity index (χ3n) is 7.50. The number of nitrogens with zero attached hydrogens (tertiary/aromatic N) is 2. The van der Waals surface area contributed by atoms with Crippen LogP contribution >= 0.6 is 0 Å². The van der Waals surface area contributed by atoms with Crippen molar-refractivity contribution in [1.29, 1.82) is 0 Å². The zero-order valence-corrected chi connectivity index (χ0v) is 25.3. The fraction of sp³-hybridized carbons (Fsp3) is 0.471. The normalized spacial score (nSPS) is 12.5. The van der Waals surface area contributed by atoms with Crippen LogP contribution < -0.4 is 4.74 Å². The minimum absolute atomic E-state index is 0.0213. The molecule has 0 spiro atoms. The van der Waals surface area contributed by atoms with Crippen molar-refractivity contribution >= 4 is 0 Å². The Morgan fingerprint density at radius 1 is 0.750 bits per heavy atom. The fourth-order valence-electron chi connectivity index (χ4n) is 4.88. The number of aliphatic hydroxyl groups is 4. The second kappa shape index (κ2) is 19.7. The first-order valence-corrected chi connectivity index (χ1v) is 15.3. The fourth-order valence-corrected chi connectivity index (χ4v) is 4.88. The lowest BCUT2D eigenvalue weighted by Gasteiger charge is -2.21. The van der Waals surface area contributed by atoms with Gasteiger partial charge in [-0.05, 0) is 73.1 Å². The number of hydrogen-bond acceptors (Lipinski definition) is 9. The van der Waals surface area contributed by atoms with Crippen LogP contribution in [0.3, 0.4) is 0 Å². The summed E-state index contributed by atoms with van der Waals surface area (Å²) in [5.74, 6) is 0.274. The van der Waals surface area contributed by atoms with Gasteiger partial charge in [0.1, 0.15) is 24.2 Å². The molecule has 10 nitrogen and oxygen atoms in total. The molecule has 0 aliphatic rings. The average Bonchev–Trinajstić information content (AvgIpc) is 3.05. The maximum absolute atomic E-state index is 11.4. The van der Waals surface area contributed by atoms with Gasteiger partial charge in [0.15, 0.2) is 0 Å². The number of unbranched alkanes of at least 4 members (excludes halogenated alkanes) is 4. The molecule has 0 aliphatic carbocycles. The van der Waals surface area contributed by atoms with Gasteiger partial charge >= 0.3 is 0 Å². The Hall–Kier alpha value is -3.54. The molecule has 240 valence electrons. The highest BCUT2D eigenvalue weighted by molar-refractivity contribution is 5.39. The number of hydrogen-bond donors (Lipinski definition) is 5. The molecule has 0 aliphatic heterocycles. The highest BCUT2D eigenvalue weighted by atomic mass is 16.5. The molecule has 10 heteroatoms. The first kappa shape index (κ1) is 34.9. The summed E-state index contributed by atoms with van der Waals surface area (Å²) >= 11 is 0. The standard InChI is InChI=1S/C34H46N2O8/c37-23-29-20-28(13-15-31(29)39)33(41)25-44-34-16-14-27(21-30(34)24-38)32(40)22-36(35-42)17-7-1-2-8-18-43-19-9-6-12-26-10-4-3-5-11-26/h3-5,10-11,13-16,20-21,32-33,37-41H,1-2,6-9,12,17-19,22-25H2. The van der Waals surface area contributed by atoms with E-state index in [1.165, 1.54) is 28.8 Å². The number of rotatable bonds is 22. The lowest BCUT2D eigenvalue weighted by atomic mass is 10.0. The van der Waals surface area contributed by atoms with Crippen molar-refractivity contribution < 1.29 is 35.0 Å². The molecule has 0 saturated carbocycles. The van der Waals surface area contributed by atoms with Gasteiger partial charge in [0, 0.05) is 30.9 Å². The maximum Gasteiger partial charge on any atom is 0.124 e. The lowest BCUT2D eigenvalue weighted by Crippen LogP contribution is -2.24. The molecule has 0 amide bonds. The Morgan fingerprint density at radius 3 is 2.14 bits per heavy atom. The SMILES string of the molecule is O=NN(CCCCCCOCCCCc1ccccc1)CC(O)c1ccc(OCC(O)c2ccc(O)c(CO)c2)c(CO)c1. The van der Waals surface area contributed by atoms with Crippen molar-refractivity contribution in [3.8, 4) is 11.5 Å². The number of benzene rings is 3. The van der Waals surface area contributed by atoms with Gasteiger partial charge in [-0.3, -0.25) is 5.01 Å². The second-order valence-corrected chi connectivity index (χ2v) is 10.9. The molecule has 0 saturated heterocycles. The molecule has 3 aromatic rings. The highest BCUT2D eigenvalue weighted by Gasteiger charge is 2.17. The molecule has 0 bridgehead atoms. The van der Waals surface area contributed by atoms with Crippen LogP contribution in [0.2, 0.25) is 0 Å². The summed E-state index contributed by atoms with van der Waals surface area (Å²) in [6.45, 7) is 1.10. The predicted octanol–water partition coefficient (Wildman–Crippen LogP) is 5.11. The summed E-state index contributed by atoms with van der Waals surface area (Å²) in [6, 6.07) is 19.7. The smallest absolute Gasteiger partial charge is 0.124 e. The van der Waals surface area contributed by atoms with Crippen molar-refractivity contribution in [3.05, 3.63) is 99.5 Å². The zero-order chi connectivity index (χ0) is 31.6. The minimum atomic E-state index is -1.03. The van der Waals surface area contributed by atoms with E-state index in [9.17, 15) is 30.4 Å². The van der Waals surface area contributed by atoms with Gasteiger partial charge in [0.05, 0.1) is 31.1 Å². The number of aromatic hydroxyl groups is 1. The van der Waals surface area contributed by atoms with Gasteiger partial charge in [-0.2, -0.15) is 0 Å². The van der Waals surface area contributed by atoms with Gasteiger partial charge < -0.3 is 35.0 Å². The van der Waals surface area contributed by atoms with Crippen molar-refractivity contribution in [3.63, 3.8) is 0 Å². The summed E-state index contributed by atoms with van der Waals surface area (Å²) in [5, 5.41) is 54.5. The average molecular weight is 611 g/mol. The van der Waals surface area contributed by atoms with Gasteiger partial charge in [-0.15, -0.1) is 4.91 Å². The molecule has 0 fully saturated rings. The third kappa shape index (κ3) is 11.9. The van der Waals surface area contributed by atoms with Gasteiger partial charge in [0.25, 0.3) is 0 Å². The molecule has 0 heterocycles. The predicted molar refractivity (Wildman–Crippen MR) is 168 cm³/mol. The van der Waals surface area contributed by atoms with Crippen LogP contribution in [-0.4, -0.2) is 63.5 Å². The Bertz CT molecular complexity index is 1240. The van der Waals surface area contributed by atoms with Gasteiger partial charge in [-0.25, -0.2) is 0 Å². The second-order valence-electron chi connectivity index (χ2n) is 10.9. The van der Waals surface area contributed by atoms with E-state index in [1.807, 2.05) is 6.07 Å². The van der Waals surface area contributed by atoms with E-state index in [1.54, 1.807) is 18.2 Å². The topological polar surface area (TPSA) is 152 Å². The van der Waals surface area contributed by atoms with Crippen LogP contribution in [0.15, 0.2) is 72.0 Å². The summed E-state index contributed by atoms with van der Waals surface area (Å²) in [4.78, 5) is 11.4.